The second-order valence-electron chi connectivity index (χ2n) is 2.34. The largest absolute Gasteiger partial charge is 0.286 e. The summed E-state index contributed by atoms with van der Waals surface area (Å²) in [6.45, 7) is 4.01. The highest BCUT2D eigenvalue weighted by atomic mass is 32.1. The Balaban J connectivity index is 3.89. The molecule has 0 aromatic heterocycles. The second kappa shape index (κ2) is 5.18. The first kappa shape index (κ1) is 10.5. The van der Waals surface area contributed by atoms with E-state index >= 15 is 0 Å². The molecule has 1 unspecified atom stereocenters. The van der Waals surface area contributed by atoms with Crippen molar-refractivity contribution in [3.63, 3.8) is 0 Å². The summed E-state index contributed by atoms with van der Waals surface area (Å²) in [7, 11) is 0. The molecule has 0 aromatic carbocycles. The number of nitrogens with zero attached hydrogens (tertiary/aromatic N) is 1. The van der Waals surface area contributed by atoms with Gasteiger partial charge >= 0.3 is 0 Å². The van der Waals surface area contributed by atoms with Gasteiger partial charge in [-0.1, -0.05) is 6.92 Å². The molecular weight excluding hydrogens is 162 g/mol. The number of carbonyl (C=O) groups excluding carboxylic acids is 2. The molecule has 2 amide bonds. The summed E-state index contributed by atoms with van der Waals surface area (Å²) in [5, 5.41) is 0.0106. The molecule has 4 heteroatoms. The Morgan fingerprint density at radius 1 is 1.73 bits per heavy atom. The predicted octanol–water partition coefficient (Wildman–Crippen LogP) is 0.700. The lowest BCUT2D eigenvalue weighted by molar-refractivity contribution is -0.137. The summed E-state index contributed by atoms with van der Waals surface area (Å²) in [4.78, 5) is 22.4. The van der Waals surface area contributed by atoms with E-state index in [0.717, 1.165) is 4.90 Å². The molecule has 3 nitrogen and oxygen atoms in total. The molecule has 0 fully saturated rings. The lowest BCUT2D eigenvalue weighted by Gasteiger charge is -2.13. The molecule has 11 heavy (non-hydrogen) atoms. The maximum atomic E-state index is 11.1. The van der Waals surface area contributed by atoms with Crippen molar-refractivity contribution in [1.29, 1.82) is 0 Å². The van der Waals surface area contributed by atoms with Gasteiger partial charge in [-0.15, -0.1) is 0 Å². The Kier molecular flexibility index (Phi) is 4.94. The Morgan fingerprint density at radius 3 is 2.55 bits per heavy atom. The van der Waals surface area contributed by atoms with Crippen LogP contribution in [-0.2, 0) is 9.59 Å². The van der Waals surface area contributed by atoms with Crippen LogP contribution in [0.5, 0.6) is 0 Å². The number of imide groups is 1. The summed E-state index contributed by atoms with van der Waals surface area (Å²) in [6.07, 6.45) is 0.869. The predicted molar refractivity (Wildman–Crippen MR) is 46.5 cm³/mol. The molecule has 0 saturated heterocycles. The van der Waals surface area contributed by atoms with Crippen LogP contribution >= 0.6 is 12.6 Å². The first-order chi connectivity index (χ1) is 5.11. The molecule has 0 aliphatic heterocycles. The number of thiol groups is 1. The molecule has 0 radical (unpaired) electrons. The van der Waals surface area contributed by atoms with E-state index in [2.05, 4.69) is 12.6 Å². The average molecular weight is 175 g/mol. The van der Waals surface area contributed by atoms with Gasteiger partial charge in [-0.25, -0.2) is 0 Å². The minimum atomic E-state index is -0.162. The molecule has 0 rings (SSSR count). The molecular formula is C7H13NO2S. The Hall–Kier alpha value is -0.510. The molecule has 0 bridgehead atoms. The molecule has 0 heterocycles. The molecule has 0 spiro atoms. The van der Waals surface area contributed by atoms with Crippen LogP contribution in [0.25, 0.3) is 0 Å². The summed E-state index contributed by atoms with van der Waals surface area (Å²) in [5.41, 5.74) is 0. The lowest BCUT2D eigenvalue weighted by Crippen LogP contribution is -2.30. The van der Waals surface area contributed by atoms with Crippen molar-refractivity contribution in [2.24, 2.45) is 0 Å². The van der Waals surface area contributed by atoms with Gasteiger partial charge in [0.25, 0.3) is 0 Å². The maximum absolute atomic E-state index is 11.1. The third kappa shape index (κ3) is 4.03. The van der Waals surface area contributed by atoms with Gasteiger partial charge in [0.1, 0.15) is 0 Å². The van der Waals surface area contributed by atoms with Crippen molar-refractivity contribution in [2.75, 3.05) is 6.54 Å². The quantitative estimate of drug-likeness (QED) is 0.504. The number of hydrogen-bond acceptors (Lipinski definition) is 3. The van der Waals surface area contributed by atoms with Crippen LogP contribution in [0.2, 0.25) is 0 Å². The third-order valence-corrected chi connectivity index (χ3v) is 1.44. The Morgan fingerprint density at radius 2 is 2.27 bits per heavy atom. The van der Waals surface area contributed by atoms with Crippen molar-refractivity contribution in [3.05, 3.63) is 0 Å². The Labute approximate surface area is 72.2 Å². The van der Waals surface area contributed by atoms with Crippen molar-refractivity contribution in [1.82, 2.24) is 4.90 Å². The second-order valence-corrected chi connectivity index (χ2v) is 3.22. The SMILES string of the molecule is CCN(C=O)C(=O)CC(C)S. The van der Waals surface area contributed by atoms with E-state index in [0.29, 0.717) is 19.4 Å². The monoisotopic (exact) mass is 175 g/mol. The normalized spacial score (nSPS) is 12.3. The van der Waals surface area contributed by atoms with Crippen molar-refractivity contribution < 1.29 is 9.59 Å². The number of rotatable bonds is 4. The van der Waals surface area contributed by atoms with Crippen molar-refractivity contribution in [2.45, 2.75) is 25.5 Å². The molecule has 0 aliphatic carbocycles. The third-order valence-electron chi connectivity index (χ3n) is 1.26. The molecule has 0 aromatic rings. The topological polar surface area (TPSA) is 37.4 Å². The number of hydrogen-bond donors (Lipinski definition) is 1. The zero-order valence-corrected chi connectivity index (χ0v) is 7.67. The summed E-state index contributed by atoms with van der Waals surface area (Å²) >= 11 is 4.05. The zero-order valence-electron chi connectivity index (χ0n) is 6.78. The highest BCUT2D eigenvalue weighted by Gasteiger charge is 2.11. The molecule has 0 N–H and O–H groups in total. The van der Waals surface area contributed by atoms with E-state index in [9.17, 15) is 9.59 Å². The van der Waals surface area contributed by atoms with Gasteiger partial charge in [0, 0.05) is 18.2 Å². The van der Waals surface area contributed by atoms with Crippen LogP contribution in [0.3, 0.4) is 0 Å². The first-order valence-electron chi connectivity index (χ1n) is 3.54. The van der Waals surface area contributed by atoms with E-state index in [1.807, 2.05) is 6.92 Å². The molecule has 0 aliphatic rings. The van der Waals surface area contributed by atoms with E-state index in [1.54, 1.807) is 6.92 Å². The average Bonchev–Trinajstić information content (AvgIpc) is 1.88. The van der Waals surface area contributed by atoms with Crippen molar-refractivity contribution in [3.8, 4) is 0 Å². The molecule has 64 valence electrons. The van der Waals surface area contributed by atoms with Gasteiger partial charge in [-0.2, -0.15) is 12.6 Å². The van der Waals surface area contributed by atoms with Gasteiger partial charge in [0.05, 0.1) is 0 Å². The summed E-state index contributed by atoms with van der Waals surface area (Å²) in [5.74, 6) is -0.162. The van der Waals surface area contributed by atoms with Crippen LogP contribution in [0.4, 0.5) is 0 Å². The van der Waals surface area contributed by atoms with Crippen LogP contribution in [-0.4, -0.2) is 29.0 Å². The maximum Gasteiger partial charge on any atom is 0.230 e. The fourth-order valence-electron chi connectivity index (χ4n) is 0.680. The highest BCUT2D eigenvalue weighted by Crippen LogP contribution is 2.01. The van der Waals surface area contributed by atoms with Gasteiger partial charge in [-0.3, -0.25) is 14.5 Å². The number of amides is 2. The van der Waals surface area contributed by atoms with Crippen molar-refractivity contribution >= 4 is 24.9 Å². The van der Waals surface area contributed by atoms with E-state index < -0.39 is 0 Å². The van der Waals surface area contributed by atoms with Crippen LogP contribution in [0, 0.1) is 0 Å². The standard InChI is InChI=1S/C7H13NO2S/c1-3-8(5-9)7(10)4-6(2)11/h5-6,11H,3-4H2,1-2H3. The summed E-state index contributed by atoms with van der Waals surface area (Å²) in [6, 6.07) is 0. The highest BCUT2D eigenvalue weighted by molar-refractivity contribution is 7.80. The molecule has 0 saturated carbocycles. The fraction of sp³-hybridized carbons (Fsp3) is 0.714. The van der Waals surface area contributed by atoms with Crippen LogP contribution < -0.4 is 0 Å². The van der Waals surface area contributed by atoms with E-state index in [1.165, 1.54) is 0 Å². The smallest absolute Gasteiger partial charge is 0.230 e. The Bertz CT molecular complexity index is 147. The minimum Gasteiger partial charge on any atom is -0.286 e. The summed E-state index contributed by atoms with van der Waals surface area (Å²) < 4.78 is 0. The van der Waals surface area contributed by atoms with E-state index in [4.69, 9.17) is 0 Å². The van der Waals surface area contributed by atoms with Gasteiger partial charge in [0.15, 0.2) is 0 Å². The van der Waals surface area contributed by atoms with Crippen LogP contribution in [0.1, 0.15) is 20.3 Å². The van der Waals surface area contributed by atoms with Crippen LogP contribution in [0.15, 0.2) is 0 Å². The zero-order chi connectivity index (χ0) is 8.85. The fourth-order valence-corrected chi connectivity index (χ4v) is 0.836. The number of carbonyl (C=O) groups is 2. The van der Waals surface area contributed by atoms with Gasteiger partial charge < -0.3 is 0 Å². The lowest BCUT2D eigenvalue weighted by atomic mass is 10.3. The molecule has 1 atom stereocenters. The van der Waals surface area contributed by atoms with Gasteiger partial charge in [0.2, 0.25) is 12.3 Å². The van der Waals surface area contributed by atoms with E-state index in [-0.39, 0.29) is 11.2 Å². The van der Waals surface area contributed by atoms with Gasteiger partial charge in [-0.05, 0) is 6.92 Å². The minimum absolute atomic E-state index is 0.0106. The first-order valence-corrected chi connectivity index (χ1v) is 4.06.